The zero-order valence-corrected chi connectivity index (χ0v) is 12.1. The first kappa shape index (κ1) is 16.2. The van der Waals surface area contributed by atoms with Gasteiger partial charge in [0, 0.05) is 19.0 Å². The molecule has 5 nitrogen and oxygen atoms in total. The Kier molecular flexibility index (Phi) is 8.89. The van der Waals surface area contributed by atoms with Crippen molar-refractivity contribution >= 4 is 23.0 Å². The number of rotatable bonds is 7. The molecule has 1 heterocycles. The molecular weight excluding hydrogens is 288 g/mol. The number of hydrogen-bond acceptors (Lipinski definition) is 5. The summed E-state index contributed by atoms with van der Waals surface area (Å²) >= 11 is 0. The van der Waals surface area contributed by atoms with Gasteiger partial charge in [0.05, 0.1) is 13.3 Å². The Morgan fingerprint density at radius 3 is 2.82 bits per heavy atom. The fraction of sp³-hybridized carbons (Fsp3) is 0.727. The summed E-state index contributed by atoms with van der Waals surface area (Å²) in [5.74, 6) is -0.214. The minimum absolute atomic E-state index is 0. The molecule has 1 aliphatic rings. The van der Waals surface area contributed by atoms with Crippen molar-refractivity contribution in [2.24, 2.45) is 0 Å². The van der Waals surface area contributed by atoms with Crippen LogP contribution in [-0.4, -0.2) is 43.4 Å². The number of carbonyl (C=O) groups is 1. The average molecular weight is 309 g/mol. The Hall–Kier alpha value is -0.750. The molecular formula is C11H21BrN2O3. The lowest BCUT2D eigenvalue weighted by molar-refractivity contribution is -0.149. The van der Waals surface area contributed by atoms with Gasteiger partial charge in [-0.15, -0.1) is 17.0 Å². The molecule has 0 aromatic carbocycles. The Bertz CT molecular complexity index is 249. The molecule has 1 atom stereocenters. The summed E-state index contributed by atoms with van der Waals surface area (Å²) in [6.07, 6.45) is 4.64. The van der Waals surface area contributed by atoms with Crippen LogP contribution in [0.1, 0.15) is 20.3 Å². The summed E-state index contributed by atoms with van der Waals surface area (Å²) < 4.78 is 10.3. The predicted molar refractivity (Wildman–Crippen MR) is 70.8 cm³/mol. The van der Waals surface area contributed by atoms with E-state index >= 15 is 0 Å². The lowest BCUT2D eigenvalue weighted by Crippen LogP contribution is -2.37. The van der Waals surface area contributed by atoms with Crippen molar-refractivity contribution < 1.29 is 14.3 Å². The first-order valence-corrected chi connectivity index (χ1v) is 5.66. The molecule has 0 aromatic rings. The second kappa shape index (κ2) is 9.30. The van der Waals surface area contributed by atoms with E-state index in [1.54, 1.807) is 0 Å². The third-order valence-electron chi connectivity index (χ3n) is 2.32. The maximum atomic E-state index is 11.6. The van der Waals surface area contributed by atoms with Crippen LogP contribution in [0, 0.1) is 0 Å². The van der Waals surface area contributed by atoms with Crippen molar-refractivity contribution in [3.8, 4) is 0 Å². The summed E-state index contributed by atoms with van der Waals surface area (Å²) in [7, 11) is 0. The van der Waals surface area contributed by atoms with Gasteiger partial charge in [0.25, 0.3) is 0 Å². The molecule has 0 spiro atoms. The lowest BCUT2D eigenvalue weighted by atomic mass is 10.3. The van der Waals surface area contributed by atoms with Crippen molar-refractivity contribution in [2.75, 3.05) is 26.5 Å². The minimum atomic E-state index is -0.252. The van der Waals surface area contributed by atoms with E-state index in [2.05, 4.69) is 5.32 Å². The maximum Gasteiger partial charge on any atom is 0.328 e. The van der Waals surface area contributed by atoms with Crippen LogP contribution in [0.3, 0.4) is 0 Å². The van der Waals surface area contributed by atoms with E-state index in [-0.39, 0.29) is 29.0 Å². The van der Waals surface area contributed by atoms with Gasteiger partial charge in [-0.05, 0) is 13.3 Å². The van der Waals surface area contributed by atoms with Gasteiger partial charge >= 0.3 is 5.97 Å². The van der Waals surface area contributed by atoms with E-state index < -0.39 is 0 Å². The first-order valence-electron chi connectivity index (χ1n) is 5.66. The normalized spacial score (nSPS) is 15.1. The summed E-state index contributed by atoms with van der Waals surface area (Å²) in [6.45, 7) is 6.04. The number of hydrogen-bond donors (Lipinski definition) is 1. The summed E-state index contributed by atoms with van der Waals surface area (Å²) in [5, 5.41) is 3.01. The number of esters is 1. The fourth-order valence-corrected chi connectivity index (χ4v) is 1.33. The third-order valence-corrected chi connectivity index (χ3v) is 2.32. The van der Waals surface area contributed by atoms with Crippen LogP contribution in [-0.2, 0) is 14.3 Å². The number of nitrogens with zero attached hydrogens (tertiary/aromatic N) is 1. The molecule has 0 aliphatic carbocycles. The van der Waals surface area contributed by atoms with E-state index in [0.717, 1.165) is 6.42 Å². The molecule has 0 radical (unpaired) electrons. The van der Waals surface area contributed by atoms with Crippen LogP contribution < -0.4 is 5.32 Å². The average Bonchev–Trinajstić information content (AvgIpc) is 2.81. The highest BCUT2D eigenvalue weighted by atomic mass is 79.9. The van der Waals surface area contributed by atoms with E-state index in [1.165, 1.54) is 0 Å². The SMILES string of the molecule is Br.CCCOCCOC(=O)C(C)N1C=CNC1. The Labute approximate surface area is 113 Å². The topological polar surface area (TPSA) is 50.8 Å². The number of ether oxygens (including phenoxy) is 2. The number of nitrogens with one attached hydrogen (secondary N) is 1. The fourth-order valence-electron chi connectivity index (χ4n) is 1.33. The van der Waals surface area contributed by atoms with Gasteiger partial charge in [-0.3, -0.25) is 0 Å². The zero-order valence-electron chi connectivity index (χ0n) is 10.3. The summed E-state index contributed by atoms with van der Waals surface area (Å²) in [4.78, 5) is 13.5. The van der Waals surface area contributed by atoms with Crippen molar-refractivity contribution in [1.82, 2.24) is 10.2 Å². The monoisotopic (exact) mass is 308 g/mol. The molecule has 1 unspecified atom stereocenters. The standard InChI is InChI=1S/C11H20N2O3.BrH/c1-3-6-15-7-8-16-11(14)10(2)13-5-4-12-9-13;/h4-5,10,12H,3,6-9H2,1-2H3;1H. The molecule has 100 valence electrons. The van der Waals surface area contributed by atoms with Crippen molar-refractivity contribution in [3.63, 3.8) is 0 Å². The second-order valence-corrected chi connectivity index (χ2v) is 3.65. The second-order valence-electron chi connectivity index (χ2n) is 3.65. The molecule has 0 bridgehead atoms. The van der Waals surface area contributed by atoms with Gasteiger partial charge in [0.15, 0.2) is 0 Å². The Balaban J connectivity index is 0.00000256. The van der Waals surface area contributed by atoms with Crippen molar-refractivity contribution in [1.29, 1.82) is 0 Å². The van der Waals surface area contributed by atoms with Crippen LogP contribution in [0.2, 0.25) is 0 Å². The van der Waals surface area contributed by atoms with E-state index in [4.69, 9.17) is 9.47 Å². The van der Waals surface area contributed by atoms with E-state index in [9.17, 15) is 4.79 Å². The molecule has 1 rings (SSSR count). The molecule has 17 heavy (non-hydrogen) atoms. The molecule has 0 amide bonds. The van der Waals surface area contributed by atoms with Gasteiger partial charge in [0.1, 0.15) is 12.6 Å². The molecule has 0 fully saturated rings. The predicted octanol–water partition coefficient (Wildman–Crippen LogP) is 1.26. The highest BCUT2D eigenvalue weighted by Gasteiger charge is 2.21. The smallest absolute Gasteiger partial charge is 0.328 e. The van der Waals surface area contributed by atoms with Crippen LogP contribution in [0.5, 0.6) is 0 Å². The summed E-state index contributed by atoms with van der Waals surface area (Å²) in [6, 6.07) is -0.252. The van der Waals surface area contributed by atoms with E-state index in [0.29, 0.717) is 26.5 Å². The molecule has 0 aromatic heterocycles. The molecule has 0 saturated heterocycles. The number of carbonyl (C=O) groups excluding carboxylic acids is 1. The molecule has 0 saturated carbocycles. The Morgan fingerprint density at radius 2 is 2.24 bits per heavy atom. The quantitative estimate of drug-likeness (QED) is 0.567. The van der Waals surface area contributed by atoms with Crippen LogP contribution >= 0.6 is 17.0 Å². The van der Waals surface area contributed by atoms with Gasteiger partial charge in [-0.1, -0.05) is 6.92 Å². The van der Waals surface area contributed by atoms with Crippen LogP contribution in [0.25, 0.3) is 0 Å². The maximum absolute atomic E-state index is 11.6. The highest BCUT2D eigenvalue weighted by molar-refractivity contribution is 8.93. The van der Waals surface area contributed by atoms with Gasteiger partial charge in [-0.25, -0.2) is 4.79 Å². The largest absolute Gasteiger partial charge is 0.462 e. The summed E-state index contributed by atoms with van der Waals surface area (Å²) in [5.41, 5.74) is 0. The van der Waals surface area contributed by atoms with Crippen LogP contribution in [0.4, 0.5) is 0 Å². The zero-order chi connectivity index (χ0) is 11.8. The minimum Gasteiger partial charge on any atom is -0.462 e. The number of halogens is 1. The van der Waals surface area contributed by atoms with Crippen molar-refractivity contribution in [2.45, 2.75) is 26.3 Å². The molecule has 1 aliphatic heterocycles. The van der Waals surface area contributed by atoms with E-state index in [1.807, 2.05) is 31.1 Å². The van der Waals surface area contributed by atoms with Gasteiger partial charge in [0.2, 0.25) is 0 Å². The third kappa shape index (κ3) is 5.93. The van der Waals surface area contributed by atoms with Crippen molar-refractivity contribution in [3.05, 3.63) is 12.4 Å². The highest BCUT2D eigenvalue weighted by Crippen LogP contribution is 2.04. The first-order chi connectivity index (χ1) is 7.75. The molecule has 6 heteroatoms. The molecule has 1 N–H and O–H groups in total. The Morgan fingerprint density at radius 1 is 1.47 bits per heavy atom. The van der Waals surface area contributed by atoms with Crippen LogP contribution in [0.15, 0.2) is 12.4 Å². The lowest BCUT2D eigenvalue weighted by Gasteiger charge is -2.21. The van der Waals surface area contributed by atoms with Gasteiger partial charge in [-0.2, -0.15) is 0 Å². The van der Waals surface area contributed by atoms with Gasteiger partial charge < -0.3 is 19.7 Å².